The lowest BCUT2D eigenvalue weighted by Crippen LogP contribution is -2.23. The van der Waals surface area contributed by atoms with Crippen LogP contribution in [-0.4, -0.2) is 22.4 Å². The Balaban J connectivity index is 2.15. The van der Waals surface area contributed by atoms with Gasteiger partial charge in [0.15, 0.2) is 5.43 Å². The van der Waals surface area contributed by atoms with Crippen LogP contribution in [-0.2, 0) is 0 Å². The smallest absolute Gasteiger partial charge is 0.193 e. The average Bonchev–Trinajstić information content (AvgIpc) is 2.42. The molecule has 0 bridgehead atoms. The van der Waals surface area contributed by atoms with Gasteiger partial charge in [-0.2, -0.15) is 0 Å². The molecular formula is C15H12O4. The van der Waals surface area contributed by atoms with Gasteiger partial charge in [-0.25, -0.2) is 0 Å². The minimum absolute atomic E-state index is 0.133. The van der Waals surface area contributed by atoms with E-state index in [0.29, 0.717) is 22.3 Å². The average molecular weight is 256 g/mol. The third-order valence-electron chi connectivity index (χ3n) is 3.09. The minimum Gasteiger partial charge on any atom is -0.456 e. The number of hydrogen-bond acceptors (Lipinski definition) is 4. The first kappa shape index (κ1) is 11.9. The number of fused-ring (bicyclic) bond motifs is 1. The molecule has 4 heteroatoms. The summed E-state index contributed by atoms with van der Waals surface area (Å²) in [5.41, 5.74) is 0.951. The number of para-hydroxylation sites is 1. The minimum atomic E-state index is -0.989. The van der Waals surface area contributed by atoms with Crippen molar-refractivity contribution in [1.82, 2.24) is 0 Å². The van der Waals surface area contributed by atoms with Gasteiger partial charge >= 0.3 is 0 Å². The molecule has 3 rings (SSSR count). The molecule has 0 aliphatic heterocycles. The van der Waals surface area contributed by atoms with Crippen LogP contribution < -0.4 is 5.43 Å². The van der Waals surface area contributed by atoms with E-state index in [2.05, 4.69) is 0 Å². The van der Waals surface area contributed by atoms with Crippen LogP contribution in [0.2, 0.25) is 0 Å². The van der Waals surface area contributed by atoms with Crippen molar-refractivity contribution in [3.8, 4) is 0 Å². The number of allylic oxidation sites excluding steroid dienone is 2. The number of benzene rings is 1. The van der Waals surface area contributed by atoms with Crippen LogP contribution in [0.25, 0.3) is 16.5 Å². The number of aliphatic hydroxyl groups excluding tert-OH is 2. The van der Waals surface area contributed by atoms with Gasteiger partial charge in [0.25, 0.3) is 0 Å². The third kappa shape index (κ3) is 2.12. The van der Waals surface area contributed by atoms with Crippen LogP contribution in [0.15, 0.2) is 57.8 Å². The zero-order valence-electron chi connectivity index (χ0n) is 9.98. The van der Waals surface area contributed by atoms with Gasteiger partial charge in [0, 0.05) is 11.6 Å². The van der Waals surface area contributed by atoms with E-state index in [-0.39, 0.29) is 5.43 Å². The molecule has 0 spiro atoms. The van der Waals surface area contributed by atoms with Crippen molar-refractivity contribution in [2.24, 2.45) is 0 Å². The molecule has 1 heterocycles. The maximum Gasteiger partial charge on any atom is 0.193 e. The molecular weight excluding hydrogens is 244 g/mol. The third-order valence-corrected chi connectivity index (χ3v) is 3.09. The summed E-state index contributed by atoms with van der Waals surface area (Å²) in [6.45, 7) is 0. The standard InChI is InChI=1S/C15H12O4/c16-11-6-5-9(7-13(11)18)15-8-12(17)10-3-1-2-4-14(10)19-15/h1-8,11,13,16,18H. The maximum atomic E-state index is 12.0. The summed E-state index contributed by atoms with van der Waals surface area (Å²) < 4.78 is 5.65. The summed E-state index contributed by atoms with van der Waals surface area (Å²) in [4.78, 5) is 12.0. The Morgan fingerprint density at radius 3 is 2.68 bits per heavy atom. The summed E-state index contributed by atoms with van der Waals surface area (Å²) in [6.07, 6.45) is 2.66. The Labute approximate surface area is 108 Å². The molecule has 1 aliphatic rings. The fraction of sp³-hybridized carbons (Fsp3) is 0.133. The molecule has 0 fully saturated rings. The lowest BCUT2D eigenvalue weighted by atomic mass is 10.0. The van der Waals surface area contributed by atoms with Crippen LogP contribution in [0.5, 0.6) is 0 Å². The van der Waals surface area contributed by atoms with E-state index >= 15 is 0 Å². The monoisotopic (exact) mass is 256 g/mol. The molecule has 1 aromatic carbocycles. The van der Waals surface area contributed by atoms with E-state index in [1.54, 1.807) is 30.3 Å². The van der Waals surface area contributed by atoms with Gasteiger partial charge in [0.2, 0.25) is 0 Å². The van der Waals surface area contributed by atoms with E-state index in [4.69, 9.17) is 4.42 Å². The molecule has 4 nitrogen and oxygen atoms in total. The molecule has 19 heavy (non-hydrogen) atoms. The lowest BCUT2D eigenvalue weighted by Gasteiger charge is -2.16. The Hall–Kier alpha value is -2.17. The fourth-order valence-corrected chi connectivity index (χ4v) is 2.06. The zero-order valence-corrected chi connectivity index (χ0v) is 9.98. The highest BCUT2D eigenvalue weighted by atomic mass is 16.3. The van der Waals surface area contributed by atoms with Gasteiger partial charge in [-0.3, -0.25) is 4.79 Å². The molecule has 0 amide bonds. The Bertz CT molecular complexity index is 739. The summed E-state index contributed by atoms with van der Waals surface area (Å²) in [7, 11) is 0. The highest BCUT2D eigenvalue weighted by molar-refractivity contribution is 5.80. The Morgan fingerprint density at radius 2 is 1.89 bits per heavy atom. The van der Waals surface area contributed by atoms with Crippen molar-refractivity contribution >= 4 is 16.5 Å². The highest BCUT2D eigenvalue weighted by Crippen LogP contribution is 2.23. The molecule has 2 unspecified atom stereocenters. The molecule has 0 saturated heterocycles. The van der Waals surface area contributed by atoms with Gasteiger partial charge in [-0.05, 0) is 18.2 Å². The molecule has 0 radical (unpaired) electrons. The molecule has 2 atom stereocenters. The summed E-state index contributed by atoms with van der Waals surface area (Å²) in [5, 5.41) is 19.5. The first-order chi connectivity index (χ1) is 9.15. The van der Waals surface area contributed by atoms with Crippen molar-refractivity contribution < 1.29 is 14.6 Å². The summed E-state index contributed by atoms with van der Waals surface area (Å²) in [6, 6.07) is 8.38. The van der Waals surface area contributed by atoms with Gasteiger partial charge in [0.05, 0.1) is 5.39 Å². The van der Waals surface area contributed by atoms with Crippen molar-refractivity contribution in [3.05, 3.63) is 64.5 Å². The van der Waals surface area contributed by atoms with Gasteiger partial charge in [-0.1, -0.05) is 24.3 Å². The summed E-state index contributed by atoms with van der Waals surface area (Å²) >= 11 is 0. The van der Waals surface area contributed by atoms with Gasteiger partial charge < -0.3 is 14.6 Å². The quantitative estimate of drug-likeness (QED) is 0.810. The second-order valence-corrected chi connectivity index (χ2v) is 4.43. The van der Waals surface area contributed by atoms with Crippen molar-refractivity contribution in [3.63, 3.8) is 0 Å². The topological polar surface area (TPSA) is 70.7 Å². The molecule has 1 aliphatic carbocycles. The molecule has 96 valence electrons. The van der Waals surface area contributed by atoms with E-state index in [1.165, 1.54) is 18.2 Å². The molecule has 2 aromatic rings. The first-order valence-corrected chi connectivity index (χ1v) is 5.94. The predicted octanol–water partition coefficient (Wildman–Crippen LogP) is 1.47. The zero-order chi connectivity index (χ0) is 13.4. The van der Waals surface area contributed by atoms with Crippen molar-refractivity contribution in [2.75, 3.05) is 0 Å². The second kappa shape index (κ2) is 4.50. The second-order valence-electron chi connectivity index (χ2n) is 4.43. The van der Waals surface area contributed by atoms with Crippen molar-refractivity contribution in [1.29, 1.82) is 0 Å². The van der Waals surface area contributed by atoms with E-state index in [1.807, 2.05) is 0 Å². The van der Waals surface area contributed by atoms with Gasteiger partial charge in [0.1, 0.15) is 23.6 Å². The van der Waals surface area contributed by atoms with Crippen LogP contribution >= 0.6 is 0 Å². The first-order valence-electron chi connectivity index (χ1n) is 5.94. The van der Waals surface area contributed by atoms with Crippen LogP contribution in [0.3, 0.4) is 0 Å². The Morgan fingerprint density at radius 1 is 1.11 bits per heavy atom. The lowest BCUT2D eigenvalue weighted by molar-refractivity contribution is 0.0798. The molecule has 0 saturated carbocycles. The maximum absolute atomic E-state index is 12.0. The molecule has 2 N–H and O–H groups in total. The van der Waals surface area contributed by atoms with E-state index in [9.17, 15) is 15.0 Å². The predicted molar refractivity (Wildman–Crippen MR) is 71.6 cm³/mol. The number of aliphatic hydroxyl groups is 2. The van der Waals surface area contributed by atoms with Crippen LogP contribution in [0.4, 0.5) is 0 Å². The largest absolute Gasteiger partial charge is 0.456 e. The van der Waals surface area contributed by atoms with Gasteiger partial charge in [-0.15, -0.1) is 0 Å². The number of rotatable bonds is 1. The van der Waals surface area contributed by atoms with E-state index < -0.39 is 12.2 Å². The van der Waals surface area contributed by atoms with Crippen molar-refractivity contribution in [2.45, 2.75) is 12.2 Å². The summed E-state index contributed by atoms with van der Waals surface area (Å²) in [5.74, 6) is 0.380. The normalized spacial score (nSPS) is 22.5. The SMILES string of the molecule is O=c1cc(C2=CC(O)C(O)C=C2)oc2ccccc12. The fourth-order valence-electron chi connectivity index (χ4n) is 2.06. The Kier molecular flexibility index (Phi) is 2.81. The highest BCUT2D eigenvalue weighted by Gasteiger charge is 2.18. The van der Waals surface area contributed by atoms with Crippen LogP contribution in [0, 0.1) is 0 Å². The van der Waals surface area contributed by atoms with E-state index in [0.717, 1.165) is 0 Å². The molecule has 1 aromatic heterocycles. The van der Waals surface area contributed by atoms with Crippen LogP contribution in [0.1, 0.15) is 5.76 Å². The number of hydrogen-bond donors (Lipinski definition) is 2.